The minimum Gasteiger partial charge on any atom is -0.322 e. The Morgan fingerprint density at radius 2 is 1.26 bits per heavy atom. The lowest BCUT2D eigenvalue weighted by atomic mass is 10.0. The van der Waals surface area contributed by atoms with Gasteiger partial charge in [-0.15, -0.1) is 0 Å². The fraction of sp³-hybridized carbons (Fsp3) is 0. The molecule has 1 heterocycles. The van der Waals surface area contributed by atoms with Gasteiger partial charge in [0.15, 0.2) is 0 Å². The van der Waals surface area contributed by atoms with Crippen molar-refractivity contribution < 1.29 is 9.59 Å². The topological polar surface area (TPSA) is 71.1 Å². The summed E-state index contributed by atoms with van der Waals surface area (Å²) in [6.07, 6.45) is 0. The lowest BCUT2D eigenvalue weighted by Gasteiger charge is -2.09. The van der Waals surface area contributed by atoms with Gasteiger partial charge in [-0.25, -0.2) is 4.98 Å². The third kappa shape index (κ3) is 4.69. The Morgan fingerprint density at radius 1 is 0.559 bits per heavy atom. The van der Waals surface area contributed by atoms with Crippen molar-refractivity contribution in [2.75, 3.05) is 10.6 Å². The number of pyridine rings is 1. The number of hydrogen-bond acceptors (Lipinski definition) is 3. The van der Waals surface area contributed by atoms with Crippen LogP contribution in [0.1, 0.15) is 20.7 Å². The summed E-state index contributed by atoms with van der Waals surface area (Å²) in [5.41, 5.74) is 4.44. The van der Waals surface area contributed by atoms with Gasteiger partial charge in [-0.3, -0.25) is 9.59 Å². The first kappa shape index (κ1) is 21.1. The van der Waals surface area contributed by atoms with Gasteiger partial charge in [0.1, 0.15) is 5.82 Å². The van der Waals surface area contributed by atoms with Gasteiger partial charge in [-0.2, -0.15) is 0 Å². The van der Waals surface area contributed by atoms with Crippen LogP contribution in [0.2, 0.25) is 0 Å². The number of fused-ring (bicyclic) bond motifs is 1. The molecule has 0 aliphatic carbocycles. The van der Waals surface area contributed by atoms with E-state index in [4.69, 9.17) is 0 Å². The largest absolute Gasteiger partial charge is 0.322 e. The molecule has 2 amide bonds. The van der Waals surface area contributed by atoms with Gasteiger partial charge in [0.05, 0.1) is 5.52 Å². The van der Waals surface area contributed by atoms with Crippen LogP contribution in [-0.2, 0) is 0 Å². The molecule has 4 aromatic carbocycles. The predicted octanol–water partition coefficient (Wildman–Crippen LogP) is 6.41. The van der Waals surface area contributed by atoms with Crippen LogP contribution in [0.4, 0.5) is 11.5 Å². The SMILES string of the molecule is O=C(Nc1cccc(C(=O)Nc2ccc3ccccc3n2)c1)c1ccc(-c2ccccc2)cc1. The Labute approximate surface area is 197 Å². The number of benzene rings is 4. The van der Waals surface area contributed by atoms with Crippen LogP contribution in [0.3, 0.4) is 0 Å². The molecule has 0 bridgehead atoms. The molecule has 0 aliphatic rings. The van der Waals surface area contributed by atoms with Gasteiger partial charge in [-0.1, -0.05) is 66.7 Å². The first-order valence-electron chi connectivity index (χ1n) is 10.9. The summed E-state index contributed by atoms with van der Waals surface area (Å²) in [6.45, 7) is 0. The van der Waals surface area contributed by atoms with Crippen LogP contribution in [0.25, 0.3) is 22.0 Å². The summed E-state index contributed by atoms with van der Waals surface area (Å²) >= 11 is 0. The molecule has 5 heteroatoms. The standard InChI is InChI=1S/C29H21N3O2/c33-28(23-15-13-21(14-16-23)20-7-2-1-3-8-20)30-25-11-6-10-24(19-25)29(34)32-27-18-17-22-9-4-5-12-26(22)31-27/h1-19H,(H,30,33)(H,31,32,34). The summed E-state index contributed by atoms with van der Waals surface area (Å²) in [5.74, 6) is -0.0731. The minimum absolute atomic E-state index is 0.242. The van der Waals surface area contributed by atoms with Crippen molar-refractivity contribution in [2.24, 2.45) is 0 Å². The Kier molecular flexibility index (Phi) is 5.82. The maximum Gasteiger partial charge on any atom is 0.256 e. The highest BCUT2D eigenvalue weighted by atomic mass is 16.2. The zero-order chi connectivity index (χ0) is 23.3. The smallest absolute Gasteiger partial charge is 0.256 e. The normalized spacial score (nSPS) is 10.6. The van der Waals surface area contributed by atoms with Crippen molar-refractivity contribution >= 4 is 34.2 Å². The molecule has 2 N–H and O–H groups in total. The van der Waals surface area contributed by atoms with Crippen LogP contribution in [0.5, 0.6) is 0 Å². The number of carbonyl (C=O) groups is 2. The van der Waals surface area contributed by atoms with Crippen molar-refractivity contribution in [1.29, 1.82) is 0 Å². The second-order valence-corrected chi connectivity index (χ2v) is 7.82. The van der Waals surface area contributed by atoms with E-state index in [1.165, 1.54) is 0 Å². The predicted molar refractivity (Wildman–Crippen MR) is 136 cm³/mol. The van der Waals surface area contributed by atoms with E-state index in [0.29, 0.717) is 22.6 Å². The van der Waals surface area contributed by atoms with E-state index in [9.17, 15) is 9.59 Å². The van der Waals surface area contributed by atoms with Gasteiger partial charge < -0.3 is 10.6 Å². The second-order valence-electron chi connectivity index (χ2n) is 7.82. The van der Waals surface area contributed by atoms with E-state index in [1.807, 2.05) is 72.8 Å². The molecule has 0 aliphatic heterocycles. The highest BCUT2D eigenvalue weighted by Crippen LogP contribution is 2.20. The Balaban J connectivity index is 1.27. The van der Waals surface area contributed by atoms with Crippen molar-refractivity contribution in [3.05, 3.63) is 126 Å². The van der Waals surface area contributed by atoms with E-state index in [1.54, 1.807) is 42.5 Å². The number of carbonyl (C=O) groups excluding carboxylic acids is 2. The molecule has 0 saturated heterocycles. The van der Waals surface area contributed by atoms with Crippen LogP contribution in [0.15, 0.2) is 115 Å². The molecule has 34 heavy (non-hydrogen) atoms. The first-order chi connectivity index (χ1) is 16.7. The molecule has 0 radical (unpaired) electrons. The molecule has 0 atom stereocenters. The monoisotopic (exact) mass is 443 g/mol. The van der Waals surface area contributed by atoms with Crippen molar-refractivity contribution in [2.45, 2.75) is 0 Å². The molecule has 0 spiro atoms. The zero-order valence-corrected chi connectivity index (χ0v) is 18.2. The third-order valence-electron chi connectivity index (χ3n) is 5.48. The summed E-state index contributed by atoms with van der Waals surface area (Å²) in [4.78, 5) is 30.0. The minimum atomic E-state index is -0.300. The molecule has 5 aromatic rings. The van der Waals surface area contributed by atoms with Gasteiger partial charge >= 0.3 is 0 Å². The lowest BCUT2D eigenvalue weighted by molar-refractivity contribution is 0.101. The number of rotatable bonds is 5. The van der Waals surface area contributed by atoms with Crippen LogP contribution >= 0.6 is 0 Å². The first-order valence-corrected chi connectivity index (χ1v) is 10.9. The maximum atomic E-state index is 12.8. The van der Waals surface area contributed by atoms with Crippen molar-refractivity contribution in [3.63, 3.8) is 0 Å². The summed E-state index contributed by atoms with van der Waals surface area (Å²) in [7, 11) is 0. The molecule has 164 valence electrons. The quantitative estimate of drug-likeness (QED) is 0.330. The van der Waals surface area contributed by atoms with Gasteiger partial charge in [-0.05, 0) is 59.7 Å². The average Bonchev–Trinajstić information content (AvgIpc) is 2.89. The summed E-state index contributed by atoms with van der Waals surface area (Å²) in [5, 5.41) is 6.69. The van der Waals surface area contributed by atoms with E-state index in [0.717, 1.165) is 22.0 Å². The van der Waals surface area contributed by atoms with E-state index < -0.39 is 0 Å². The highest BCUT2D eigenvalue weighted by Gasteiger charge is 2.11. The zero-order valence-electron chi connectivity index (χ0n) is 18.2. The third-order valence-corrected chi connectivity index (χ3v) is 5.48. The number of aromatic nitrogens is 1. The number of hydrogen-bond donors (Lipinski definition) is 2. The summed E-state index contributed by atoms with van der Waals surface area (Å²) < 4.78 is 0. The number of anilines is 2. The van der Waals surface area contributed by atoms with E-state index in [2.05, 4.69) is 15.6 Å². The molecule has 5 nitrogen and oxygen atoms in total. The number of amides is 2. The van der Waals surface area contributed by atoms with Crippen molar-refractivity contribution in [3.8, 4) is 11.1 Å². The maximum absolute atomic E-state index is 12.8. The molecule has 1 aromatic heterocycles. The second kappa shape index (κ2) is 9.38. The Hall–Kier alpha value is -4.77. The lowest BCUT2D eigenvalue weighted by Crippen LogP contribution is -2.15. The Bertz CT molecular complexity index is 1480. The Morgan fingerprint density at radius 3 is 2.09 bits per heavy atom. The molecular weight excluding hydrogens is 422 g/mol. The molecule has 0 unspecified atom stereocenters. The van der Waals surface area contributed by atoms with Gasteiger partial charge in [0.25, 0.3) is 11.8 Å². The van der Waals surface area contributed by atoms with Crippen LogP contribution < -0.4 is 10.6 Å². The summed E-state index contributed by atoms with van der Waals surface area (Å²) in [6, 6.07) is 35.6. The molecular formula is C29H21N3O2. The van der Waals surface area contributed by atoms with E-state index in [-0.39, 0.29) is 11.8 Å². The average molecular weight is 444 g/mol. The van der Waals surface area contributed by atoms with E-state index >= 15 is 0 Å². The van der Waals surface area contributed by atoms with Crippen LogP contribution in [0, 0.1) is 0 Å². The number of nitrogens with zero attached hydrogens (tertiary/aromatic N) is 1. The molecule has 0 fully saturated rings. The fourth-order valence-electron chi connectivity index (χ4n) is 3.71. The number of nitrogens with one attached hydrogen (secondary N) is 2. The van der Waals surface area contributed by atoms with Gasteiger partial charge in [0.2, 0.25) is 0 Å². The molecule has 0 saturated carbocycles. The van der Waals surface area contributed by atoms with Crippen LogP contribution in [-0.4, -0.2) is 16.8 Å². The van der Waals surface area contributed by atoms with Crippen molar-refractivity contribution in [1.82, 2.24) is 4.98 Å². The highest BCUT2D eigenvalue weighted by molar-refractivity contribution is 6.07. The van der Waals surface area contributed by atoms with Gasteiger partial charge in [0, 0.05) is 22.2 Å². The number of para-hydroxylation sites is 1. The fourth-order valence-corrected chi connectivity index (χ4v) is 3.71. The molecule has 5 rings (SSSR count).